The van der Waals surface area contributed by atoms with Crippen LogP contribution in [0, 0.1) is 11.8 Å². The summed E-state index contributed by atoms with van der Waals surface area (Å²) in [5.41, 5.74) is 5.02. The van der Waals surface area contributed by atoms with Gasteiger partial charge in [-0.2, -0.15) is 0 Å². The monoisotopic (exact) mass is 448 g/mol. The maximum absolute atomic E-state index is 11.2. The Balaban J connectivity index is 1.77. The van der Waals surface area contributed by atoms with Crippen LogP contribution in [-0.4, -0.2) is 106 Å². The summed E-state index contributed by atoms with van der Waals surface area (Å²) in [5, 5.41) is 56.2. The van der Waals surface area contributed by atoms with E-state index in [0.717, 1.165) is 0 Å². The van der Waals surface area contributed by atoms with Crippen LogP contribution in [0.1, 0.15) is 40.0 Å². The third kappa shape index (κ3) is 4.93. The number of hydrogen-bond donors (Lipinski definition) is 7. The fourth-order valence-corrected chi connectivity index (χ4v) is 5.52. The van der Waals surface area contributed by atoms with Gasteiger partial charge in [-0.25, -0.2) is 0 Å². The molecule has 0 aromatic carbocycles. The molecule has 0 amide bonds. The zero-order valence-electron chi connectivity index (χ0n) is 18.8. The van der Waals surface area contributed by atoms with E-state index in [2.05, 4.69) is 5.32 Å². The van der Waals surface area contributed by atoms with Gasteiger partial charge in [0.2, 0.25) is 0 Å². The Bertz CT molecular complexity index is 596. The van der Waals surface area contributed by atoms with Crippen LogP contribution in [0.25, 0.3) is 0 Å². The summed E-state index contributed by atoms with van der Waals surface area (Å²) in [4.78, 5) is 0. The first kappa shape index (κ1) is 25.2. The molecule has 2 heterocycles. The smallest absolute Gasteiger partial charge is 0.185 e. The lowest BCUT2D eigenvalue weighted by Gasteiger charge is -2.51. The Labute approximate surface area is 183 Å². The van der Waals surface area contributed by atoms with Crippen molar-refractivity contribution in [1.29, 1.82) is 0 Å². The summed E-state index contributed by atoms with van der Waals surface area (Å²) in [5.74, 6) is -0.608. The molecule has 13 unspecified atom stereocenters. The van der Waals surface area contributed by atoms with Crippen LogP contribution < -0.4 is 11.1 Å². The molecule has 0 spiro atoms. The molecule has 31 heavy (non-hydrogen) atoms. The molecule has 1 aliphatic carbocycles. The second-order valence-corrected chi connectivity index (χ2v) is 9.76. The highest BCUT2D eigenvalue weighted by molar-refractivity contribution is 5.03. The van der Waals surface area contributed by atoms with Gasteiger partial charge in [0.25, 0.3) is 0 Å². The van der Waals surface area contributed by atoms with Crippen LogP contribution in [0.2, 0.25) is 0 Å². The van der Waals surface area contributed by atoms with E-state index in [1.54, 1.807) is 14.0 Å². The van der Waals surface area contributed by atoms with Gasteiger partial charge in [0.15, 0.2) is 6.29 Å². The van der Waals surface area contributed by atoms with Crippen LogP contribution in [0.3, 0.4) is 0 Å². The van der Waals surface area contributed by atoms with E-state index in [9.17, 15) is 25.5 Å². The molecular weight excluding hydrogens is 408 g/mol. The predicted octanol–water partition coefficient (Wildman–Crippen LogP) is -1.94. The molecule has 0 radical (unpaired) electrons. The fraction of sp³-hybridized carbons (Fsp3) is 1.00. The number of likely N-dealkylation sites (N-methyl/N-ethyl adjacent to an activating group) is 1. The van der Waals surface area contributed by atoms with Gasteiger partial charge in [0.1, 0.15) is 23.9 Å². The average Bonchev–Trinajstić information content (AvgIpc) is 2.69. The van der Waals surface area contributed by atoms with Crippen LogP contribution in [-0.2, 0) is 14.2 Å². The summed E-state index contributed by atoms with van der Waals surface area (Å²) in [6.45, 7) is 5.38. The Morgan fingerprint density at radius 3 is 2.42 bits per heavy atom. The fourth-order valence-electron chi connectivity index (χ4n) is 5.52. The van der Waals surface area contributed by atoms with Crippen LogP contribution in [0.4, 0.5) is 0 Å². The Morgan fingerprint density at radius 2 is 1.81 bits per heavy atom. The van der Waals surface area contributed by atoms with Crippen molar-refractivity contribution in [1.82, 2.24) is 5.32 Å². The van der Waals surface area contributed by atoms with Crippen molar-refractivity contribution < 1.29 is 39.7 Å². The Morgan fingerprint density at radius 1 is 1.13 bits per heavy atom. The van der Waals surface area contributed by atoms with Gasteiger partial charge in [-0.05, 0) is 32.7 Å². The summed E-state index contributed by atoms with van der Waals surface area (Å²) < 4.78 is 17.6. The summed E-state index contributed by atoms with van der Waals surface area (Å²) >= 11 is 0. The molecule has 10 heteroatoms. The van der Waals surface area contributed by atoms with Crippen molar-refractivity contribution in [2.75, 3.05) is 13.7 Å². The second-order valence-electron chi connectivity index (χ2n) is 9.76. The quantitative estimate of drug-likeness (QED) is 0.251. The largest absolute Gasteiger partial charge is 0.390 e. The van der Waals surface area contributed by atoms with E-state index < -0.39 is 66.5 Å². The third-order valence-corrected chi connectivity index (χ3v) is 7.31. The van der Waals surface area contributed by atoms with Crippen LogP contribution >= 0.6 is 0 Å². The van der Waals surface area contributed by atoms with Gasteiger partial charge in [-0.15, -0.1) is 0 Å². The number of nitrogens with two attached hydrogens (primary N) is 1. The normalized spacial score (nSPS) is 54.0. The van der Waals surface area contributed by atoms with Crippen molar-refractivity contribution in [3.05, 3.63) is 0 Å². The van der Waals surface area contributed by atoms with E-state index in [4.69, 9.17) is 19.9 Å². The SMILES string of the molecule is CCC1CC(O)C(O)C(C2C(C)CC(N)C(OC3OCC(C)(O)C(NC)C3O)C2O)O1. The molecule has 1 saturated carbocycles. The minimum absolute atomic E-state index is 0.0626. The molecule has 10 nitrogen and oxygen atoms in total. The van der Waals surface area contributed by atoms with E-state index in [1.165, 1.54) is 0 Å². The first-order chi connectivity index (χ1) is 14.5. The molecule has 2 aliphatic heterocycles. The number of ether oxygens (including phenoxy) is 3. The van der Waals surface area contributed by atoms with Crippen molar-refractivity contribution in [3.8, 4) is 0 Å². The van der Waals surface area contributed by atoms with Crippen molar-refractivity contribution in [2.24, 2.45) is 17.6 Å². The lowest BCUT2D eigenvalue weighted by Crippen LogP contribution is -2.67. The molecule has 3 aliphatic rings. The van der Waals surface area contributed by atoms with E-state index in [0.29, 0.717) is 19.3 Å². The van der Waals surface area contributed by atoms with Gasteiger partial charge in [0, 0.05) is 18.4 Å². The number of aliphatic hydroxyl groups excluding tert-OH is 4. The van der Waals surface area contributed by atoms with Crippen LogP contribution in [0.15, 0.2) is 0 Å². The van der Waals surface area contributed by atoms with E-state index in [1.807, 2.05) is 13.8 Å². The zero-order chi connectivity index (χ0) is 23.1. The van der Waals surface area contributed by atoms with E-state index >= 15 is 0 Å². The van der Waals surface area contributed by atoms with Crippen molar-refractivity contribution in [3.63, 3.8) is 0 Å². The molecule has 8 N–H and O–H groups in total. The first-order valence-electron chi connectivity index (χ1n) is 11.3. The number of nitrogens with one attached hydrogen (secondary N) is 1. The van der Waals surface area contributed by atoms with Crippen molar-refractivity contribution >= 4 is 0 Å². The average molecular weight is 449 g/mol. The number of hydrogen-bond acceptors (Lipinski definition) is 10. The first-order valence-corrected chi connectivity index (χ1v) is 11.3. The minimum Gasteiger partial charge on any atom is -0.390 e. The molecule has 13 atom stereocenters. The number of aliphatic hydroxyl groups is 5. The minimum atomic E-state index is -1.29. The Hall–Kier alpha value is -0.400. The predicted molar refractivity (Wildman–Crippen MR) is 111 cm³/mol. The lowest BCUT2D eigenvalue weighted by atomic mass is 9.69. The van der Waals surface area contributed by atoms with Crippen molar-refractivity contribution in [2.45, 2.75) is 107 Å². The zero-order valence-corrected chi connectivity index (χ0v) is 18.8. The molecule has 3 rings (SSSR count). The second kappa shape index (κ2) is 9.84. The molecular formula is C21H40N2O8. The summed E-state index contributed by atoms with van der Waals surface area (Å²) in [7, 11) is 1.63. The molecule has 0 bridgehead atoms. The van der Waals surface area contributed by atoms with Gasteiger partial charge in [-0.3, -0.25) is 0 Å². The standard InChI is InChI=1S/C21H40N2O8/c1-5-10-7-12(24)14(25)18(30-10)13-9(2)6-11(22)17(15(13)26)31-20-16(27)19(23-4)21(3,28)8-29-20/h9-20,23-28H,5-8,22H2,1-4H3. The van der Waals surface area contributed by atoms with Gasteiger partial charge < -0.3 is 50.8 Å². The highest BCUT2D eigenvalue weighted by atomic mass is 16.7. The number of rotatable bonds is 5. The topological polar surface area (TPSA) is 167 Å². The van der Waals surface area contributed by atoms with E-state index in [-0.39, 0.29) is 18.6 Å². The Kier molecular flexibility index (Phi) is 8.01. The van der Waals surface area contributed by atoms with Gasteiger partial charge >= 0.3 is 0 Å². The summed E-state index contributed by atoms with van der Waals surface area (Å²) in [6.07, 6.45) is -5.76. The molecule has 0 aromatic rings. The lowest BCUT2D eigenvalue weighted by molar-refractivity contribution is -0.301. The highest BCUT2D eigenvalue weighted by Crippen LogP contribution is 2.40. The molecule has 3 fully saturated rings. The van der Waals surface area contributed by atoms with Gasteiger partial charge in [0.05, 0.1) is 37.1 Å². The van der Waals surface area contributed by atoms with Gasteiger partial charge in [-0.1, -0.05) is 13.8 Å². The molecule has 182 valence electrons. The summed E-state index contributed by atoms with van der Waals surface area (Å²) in [6, 6.07) is -1.22. The maximum Gasteiger partial charge on any atom is 0.185 e. The maximum atomic E-state index is 11.2. The third-order valence-electron chi connectivity index (χ3n) is 7.31. The molecule has 2 saturated heterocycles. The highest BCUT2D eigenvalue weighted by Gasteiger charge is 2.53. The van der Waals surface area contributed by atoms with Crippen LogP contribution in [0.5, 0.6) is 0 Å². The molecule has 0 aromatic heterocycles.